The molecule has 0 aliphatic carbocycles. The van der Waals surface area contributed by atoms with Gasteiger partial charge in [-0.05, 0) is 36.6 Å². The van der Waals surface area contributed by atoms with Crippen LogP contribution in [0.15, 0.2) is 18.2 Å². The van der Waals surface area contributed by atoms with Crippen molar-refractivity contribution < 1.29 is 9.59 Å². The van der Waals surface area contributed by atoms with E-state index >= 15 is 0 Å². The molecule has 5 nitrogen and oxygen atoms in total. The number of nitrogens with one attached hydrogen (secondary N) is 2. The minimum atomic E-state index is -0.0753. The molecule has 1 aromatic carbocycles. The summed E-state index contributed by atoms with van der Waals surface area (Å²) in [4.78, 5) is 25.6. The molecule has 1 aromatic rings. The number of anilines is 1. The molecular weight excluding hydrogens is 242 g/mol. The second-order valence-corrected chi connectivity index (χ2v) is 4.98. The second kappa shape index (κ2) is 4.91. The highest BCUT2D eigenvalue weighted by Gasteiger charge is 2.22. The van der Waals surface area contributed by atoms with Gasteiger partial charge in [0.2, 0.25) is 5.91 Å². The van der Waals surface area contributed by atoms with Crippen LogP contribution in [0.25, 0.3) is 0 Å². The first-order valence-corrected chi connectivity index (χ1v) is 6.67. The highest BCUT2D eigenvalue weighted by atomic mass is 16.2. The highest BCUT2D eigenvalue weighted by Crippen LogP contribution is 2.23. The number of carbonyl (C=O) groups excluding carboxylic acids is 2. The Balaban J connectivity index is 1.81. The maximum absolute atomic E-state index is 12.4. The van der Waals surface area contributed by atoms with Crippen molar-refractivity contribution in [1.29, 1.82) is 0 Å². The maximum atomic E-state index is 12.4. The monoisotopic (exact) mass is 259 g/mol. The molecule has 2 aliphatic heterocycles. The first-order chi connectivity index (χ1) is 9.24. The van der Waals surface area contributed by atoms with Crippen LogP contribution in [0.5, 0.6) is 0 Å². The molecule has 0 atom stereocenters. The van der Waals surface area contributed by atoms with E-state index in [9.17, 15) is 9.59 Å². The van der Waals surface area contributed by atoms with Crippen LogP contribution in [-0.4, -0.2) is 42.9 Å². The first kappa shape index (κ1) is 12.0. The number of hydrogen-bond donors (Lipinski definition) is 2. The van der Waals surface area contributed by atoms with E-state index in [-0.39, 0.29) is 18.4 Å². The van der Waals surface area contributed by atoms with Crippen molar-refractivity contribution in [2.75, 3.05) is 31.5 Å². The summed E-state index contributed by atoms with van der Waals surface area (Å²) in [5, 5.41) is 6.05. The number of benzene rings is 1. The Kier molecular flexibility index (Phi) is 3.11. The van der Waals surface area contributed by atoms with Gasteiger partial charge in [-0.25, -0.2) is 0 Å². The molecule has 3 rings (SSSR count). The fourth-order valence-electron chi connectivity index (χ4n) is 2.60. The Morgan fingerprint density at radius 1 is 1.21 bits per heavy atom. The zero-order valence-electron chi connectivity index (χ0n) is 10.7. The third-order valence-corrected chi connectivity index (χ3v) is 3.61. The summed E-state index contributed by atoms with van der Waals surface area (Å²) in [5.74, 6) is -0.125. The first-order valence-electron chi connectivity index (χ1n) is 6.67. The SMILES string of the molecule is O=C1CN(C(=O)c2ccc3c(c2)CCN3)CCCN1. The number of fused-ring (bicyclic) bond motifs is 1. The summed E-state index contributed by atoms with van der Waals surface area (Å²) in [6.45, 7) is 2.37. The van der Waals surface area contributed by atoms with E-state index in [1.54, 1.807) is 4.90 Å². The lowest BCUT2D eigenvalue weighted by Gasteiger charge is -2.19. The molecule has 2 heterocycles. The molecule has 19 heavy (non-hydrogen) atoms. The lowest BCUT2D eigenvalue weighted by Crippen LogP contribution is -2.37. The van der Waals surface area contributed by atoms with Crippen LogP contribution in [0, 0.1) is 0 Å². The minimum absolute atomic E-state index is 0.0493. The summed E-state index contributed by atoms with van der Waals surface area (Å²) in [7, 11) is 0. The van der Waals surface area contributed by atoms with Gasteiger partial charge < -0.3 is 15.5 Å². The quantitative estimate of drug-likeness (QED) is 0.777. The van der Waals surface area contributed by atoms with Crippen LogP contribution >= 0.6 is 0 Å². The zero-order chi connectivity index (χ0) is 13.2. The maximum Gasteiger partial charge on any atom is 0.254 e. The topological polar surface area (TPSA) is 61.4 Å². The Hall–Kier alpha value is -2.04. The fourth-order valence-corrected chi connectivity index (χ4v) is 2.60. The lowest BCUT2D eigenvalue weighted by molar-refractivity contribution is -0.121. The number of rotatable bonds is 1. The molecule has 0 saturated carbocycles. The number of nitrogens with zero attached hydrogens (tertiary/aromatic N) is 1. The Labute approximate surface area is 112 Å². The molecule has 0 radical (unpaired) electrons. The normalized spacial score (nSPS) is 18.3. The van der Waals surface area contributed by atoms with Crippen molar-refractivity contribution in [3.63, 3.8) is 0 Å². The zero-order valence-corrected chi connectivity index (χ0v) is 10.7. The van der Waals surface area contributed by atoms with Gasteiger partial charge >= 0.3 is 0 Å². The Bertz CT molecular complexity index is 527. The smallest absolute Gasteiger partial charge is 0.254 e. The average molecular weight is 259 g/mol. The van der Waals surface area contributed by atoms with Crippen molar-refractivity contribution in [2.24, 2.45) is 0 Å². The van der Waals surface area contributed by atoms with E-state index in [1.807, 2.05) is 18.2 Å². The van der Waals surface area contributed by atoms with E-state index in [4.69, 9.17) is 0 Å². The molecule has 2 amide bonds. The molecule has 1 saturated heterocycles. The lowest BCUT2D eigenvalue weighted by atomic mass is 10.1. The third kappa shape index (κ3) is 2.41. The fraction of sp³-hybridized carbons (Fsp3) is 0.429. The summed E-state index contributed by atoms with van der Waals surface area (Å²) in [5.41, 5.74) is 2.98. The van der Waals surface area contributed by atoms with Crippen molar-refractivity contribution >= 4 is 17.5 Å². The van der Waals surface area contributed by atoms with E-state index in [0.29, 0.717) is 18.7 Å². The van der Waals surface area contributed by atoms with Gasteiger partial charge in [0.1, 0.15) is 0 Å². The molecule has 2 aliphatic rings. The Morgan fingerprint density at radius 2 is 2.11 bits per heavy atom. The molecule has 5 heteroatoms. The van der Waals surface area contributed by atoms with Crippen LogP contribution in [0.3, 0.4) is 0 Å². The van der Waals surface area contributed by atoms with Gasteiger partial charge in [0.05, 0.1) is 6.54 Å². The van der Waals surface area contributed by atoms with Gasteiger partial charge in [0.25, 0.3) is 5.91 Å². The van der Waals surface area contributed by atoms with E-state index in [1.165, 1.54) is 5.56 Å². The predicted molar refractivity (Wildman–Crippen MR) is 72.2 cm³/mol. The van der Waals surface area contributed by atoms with Gasteiger partial charge in [0, 0.05) is 30.9 Å². The summed E-state index contributed by atoms with van der Waals surface area (Å²) in [6, 6.07) is 5.73. The second-order valence-electron chi connectivity index (χ2n) is 4.98. The standard InChI is InChI=1S/C14H17N3O2/c18-13-9-17(7-1-5-16-13)14(19)11-2-3-12-10(8-11)4-6-15-12/h2-3,8,15H,1,4-7,9H2,(H,16,18). The van der Waals surface area contributed by atoms with E-state index < -0.39 is 0 Å². The van der Waals surface area contributed by atoms with Crippen LogP contribution in [0.1, 0.15) is 22.3 Å². The van der Waals surface area contributed by atoms with Gasteiger partial charge in [-0.15, -0.1) is 0 Å². The Morgan fingerprint density at radius 3 is 3.00 bits per heavy atom. The molecular formula is C14H17N3O2. The largest absolute Gasteiger partial charge is 0.384 e. The predicted octanol–water partition coefficient (Wildman–Crippen LogP) is 0.617. The summed E-state index contributed by atoms with van der Waals surface area (Å²) >= 11 is 0. The summed E-state index contributed by atoms with van der Waals surface area (Å²) in [6.07, 6.45) is 1.76. The molecule has 0 spiro atoms. The van der Waals surface area contributed by atoms with Crippen LogP contribution in [0.2, 0.25) is 0 Å². The minimum Gasteiger partial charge on any atom is -0.384 e. The van der Waals surface area contributed by atoms with Gasteiger partial charge in [-0.2, -0.15) is 0 Å². The van der Waals surface area contributed by atoms with Crippen molar-refractivity contribution in [3.8, 4) is 0 Å². The van der Waals surface area contributed by atoms with E-state index in [0.717, 1.165) is 25.1 Å². The third-order valence-electron chi connectivity index (χ3n) is 3.61. The van der Waals surface area contributed by atoms with Crippen molar-refractivity contribution in [1.82, 2.24) is 10.2 Å². The molecule has 0 aromatic heterocycles. The van der Waals surface area contributed by atoms with Crippen LogP contribution < -0.4 is 10.6 Å². The van der Waals surface area contributed by atoms with Gasteiger partial charge in [0.15, 0.2) is 0 Å². The molecule has 2 N–H and O–H groups in total. The van der Waals surface area contributed by atoms with Crippen LogP contribution in [-0.2, 0) is 11.2 Å². The number of hydrogen-bond acceptors (Lipinski definition) is 3. The molecule has 0 unspecified atom stereocenters. The highest BCUT2D eigenvalue weighted by molar-refractivity contribution is 5.97. The number of carbonyl (C=O) groups is 2. The molecule has 1 fully saturated rings. The number of amides is 2. The molecule has 100 valence electrons. The molecule has 0 bridgehead atoms. The van der Waals surface area contributed by atoms with Crippen LogP contribution in [0.4, 0.5) is 5.69 Å². The van der Waals surface area contributed by atoms with Gasteiger partial charge in [-0.3, -0.25) is 9.59 Å². The van der Waals surface area contributed by atoms with Crippen molar-refractivity contribution in [2.45, 2.75) is 12.8 Å². The van der Waals surface area contributed by atoms with Gasteiger partial charge in [-0.1, -0.05) is 0 Å². The average Bonchev–Trinajstić information content (AvgIpc) is 2.78. The van der Waals surface area contributed by atoms with E-state index in [2.05, 4.69) is 10.6 Å². The summed E-state index contributed by atoms with van der Waals surface area (Å²) < 4.78 is 0. The van der Waals surface area contributed by atoms with Crippen molar-refractivity contribution in [3.05, 3.63) is 29.3 Å².